The lowest BCUT2D eigenvalue weighted by Gasteiger charge is -2.32. The number of carboxylic acid groups (broad SMARTS) is 1. The number of nitrogens with one attached hydrogen (secondary N) is 8. The number of nitrogens with two attached hydrogens (primary N) is 2. The average molecular weight is 1500 g/mol. The standard InChI is InChI=1S/C66H103N11O24S2/c1-5-38(2)46-27-43(79)32-71-60(87)41-25-47-45-6-7-52(81)48(36-102-23-22-101-21-20-100-19-18-99-17-16-98-15-14-97-13-12-96-11-10-95-9-8-69-30-42(67)31-70-56(85)24-39(3)66(92)93)59(45)76-64(47)103(94)37-50(73-57(86)33-72-61(46)88)62(89)74-49(29-55(68)84)65(91)77-34-44(80)28-51(77)63(90)75-58(53(82)26-41)40(4)54(83)35-78/h6-7,30,38-41,44,46,49-51,54,58,69,76,78,80-81,83H,5,8-29,31-37,67H2,1-4H3,(H2,68,84)(H,70,85)(H,71,87)(H,72,88)(H,73,86)(H,74,89)(H,75,90)(H,92,93)/b42-30-/t38-,39?,40-,41+,44+,46-,49-,50+,51-,54-,58-,103?/m0/s1. The number of fused-ring (bicyclic) bond motifs is 5. The third kappa shape index (κ3) is 29.2. The fourth-order valence-electron chi connectivity index (χ4n) is 11.3. The summed E-state index contributed by atoms with van der Waals surface area (Å²) in [6.07, 6.45) is -4.11. The van der Waals surface area contributed by atoms with Crippen LogP contribution in [0.5, 0.6) is 5.75 Å². The number of aromatic amines is 1. The van der Waals surface area contributed by atoms with E-state index in [1.54, 1.807) is 20.0 Å². The predicted octanol–water partition coefficient (Wildman–Crippen LogP) is -3.77. The minimum absolute atomic E-state index is 0.0840. The number of carbonyl (C=O) groups excluding carboxylic acids is 10. The van der Waals surface area contributed by atoms with E-state index >= 15 is 4.21 Å². The van der Waals surface area contributed by atoms with Crippen molar-refractivity contribution in [1.82, 2.24) is 47.1 Å². The fraction of sp³-hybridized carbons (Fsp3) is 0.682. The van der Waals surface area contributed by atoms with Crippen LogP contribution in [0.2, 0.25) is 0 Å². The van der Waals surface area contributed by atoms with Crippen LogP contribution in [0.4, 0.5) is 0 Å². The van der Waals surface area contributed by atoms with Crippen molar-refractivity contribution in [2.75, 3.05) is 143 Å². The summed E-state index contributed by atoms with van der Waals surface area (Å²) in [6.45, 7) is 8.68. The first-order chi connectivity index (χ1) is 49.2. The van der Waals surface area contributed by atoms with Crippen LogP contribution in [0, 0.1) is 29.6 Å². The van der Waals surface area contributed by atoms with Gasteiger partial charge < -0.3 is 117 Å². The molecule has 103 heavy (non-hydrogen) atoms. The molecule has 1 fully saturated rings. The van der Waals surface area contributed by atoms with Gasteiger partial charge in [-0.15, -0.1) is 0 Å². The van der Waals surface area contributed by atoms with Gasteiger partial charge in [-0.1, -0.05) is 34.1 Å². The Kier molecular flexibility index (Phi) is 38.3. The molecule has 37 heteroatoms. The molecule has 578 valence electrons. The van der Waals surface area contributed by atoms with Crippen LogP contribution in [0.15, 0.2) is 29.1 Å². The highest BCUT2D eigenvalue weighted by atomic mass is 32.2. The summed E-state index contributed by atoms with van der Waals surface area (Å²) >= 11 is 1.35. The SMILES string of the molecule is CC[C@H](C)[C@@H]1CC(=O)CNC(=O)[C@H]2CC(=O)[C@H]([C@@H](C)[C@@H](O)CO)NC(=O)[C@@H]3C[C@@H](O)CN3C(=O)[C@H](CC(N)=O)NC(=O)[C@@H](CS(=O)c3[nH]c4c(CSCCOCCOCCOCCOCCOCCOCCOCCN/C=C(\N)CNC(=O)CC(C)C(=O)O)c(O)ccc4c3C2)NC(=O)CNC1=O. The predicted molar refractivity (Wildman–Crippen MR) is 371 cm³/mol. The number of aromatic hydroxyl groups is 1. The summed E-state index contributed by atoms with van der Waals surface area (Å²) in [5.41, 5.74) is 12.5. The number of carboxylic acids is 1. The number of phenols is 1. The van der Waals surface area contributed by atoms with E-state index in [0.29, 0.717) is 103 Å². The lowest BCUT2D eigenvalue weighted by Crippen LogP contribution is -2.60. The summed E-state index contributed by atoms with van der Waals surface area (Å²) in [5, 5.41) is 70.6. The summed E-state index contributed by atoms with van der Waals surface area (Å²) < 4.78 is 54.3. The Bertz CT molecular complexity index is 3220. The summed E-state index contributed by atoms with van der Waals surface area (Å²) in [7, 11) is -2.45. The number of aliphatic carboxylic acids is 1. The third-order valence-corrected chi connectivity index (χ3v) is 19.8. The van der Waals surface area contributed by atoms with Crippen molar-refractivity contribution in [3.8, 4) is 5.75 Å². The van der Waals surface area contributed by atoms with Gasteiger partial charge in [-0.3, -0.25) is 56.9 Å². The Labute approximate surface area is 603 Å². The van der Waals surface area contributed by atoms with Crippen LogP contribution in [0.3, 0.4) is 0 Å². The number of rotatable bonds is 39. The number of nitrogens with zero attached hydrogens (tertiary/aromatic N) is 1. The number of phenolic OH excluding ortho intramolecular Hbond substituents is 1. The quantitative estimate of drug-likeness (QED) is 0.0286. The van der Waals surface area contributed by atoms with Crippen LogP contribution < -0.4 is 48.7 Å². The van der Waals surface area contributed by atoms with E-state index in [4.69, 9.17) is 49.7 Å². The zero-order valence-electron chi connectivity index (χ0n) is 58.7. The molecule has 0 aliphatic carbocycles. The number of carbonyl (C=O) groups is 11. The van der Waals surface area contributed by atoms with Crippen LogP contribution in [-0.2, 0) is 109 Å². The van der Waals surface area contributed by atoms with Crippen molar-refractivity contribution >= 4 is 98.3 Å². The molecule has 0 radical (unpaired) electrons. The minimum atomic E-state index is -2.45. The van der Waals surface area contributed by atoms with Gasteiger partial charge in [0, 0.05) is 90.9 Å². The maximum Gasteiger partial charge on any atom is 0.306 e. The Morgan fingerprint density at radius 1 is 0.777 bits per heavy atom. The Hall–Kier alpha value is -7.43. The van der Waals surface area contributed by atoms with Crippen molar-refractivity contribution in [3.05, 3.63) is 35.2 Å². The lowest BCUT2D eigenvalue weighted by atomic mass is 9.85. The molecular weight excluding hydrogens is 1390 g/mol. The number of aliphatic hydroxyl groups excluding tert-OH is 3. The van der Waals surface area contributed by atoms with E-state index in [0.717, 1.165) is 4.90 Å². The molecule has 5 rings (SSSR count). The number of aromatic nitrogens is 1. The van der Waals surface area contributed by atoms with Crippen molar-refractivity contribution in [1.29, 1.82) is 0 Å². The zero-order valence-corrected chi connectivity index (χ0v) is 60.3. The first-order valence-electron chi connectivity index (χ1n) is 34.3. The van der Waals surface area contributed by atoms with Gasteiger partial charge in [0.15, 0.2) is 11.6 Å². The molecule has 1 saturated heterocycles. The monoisotopic (exact) mass is 1500 g/mol. The third-order valence-electron chi connectivity index (χ3n) is 17.4. The normalized spacial score (nSPS) is 22.7. The number of Topliss-reactive ketones (excluding diaryl/α,β-unsaturated/α-hetero) is 2. The number of ketones is 2. The average Bonchev–Trinajstić information content (AvgIpc) is 1.62. The molecule has 17 N–H and O–H groups in total. The Morgan fingerprint density at radius 2 is 1.38 bits per heavy atom. The first kappa shape index (κ1) is 86.2. The van der Waals surface area contributed by atoms with E-state index in [1.807, 2.05) is 0 Å². The molecule has 3 aliphatic heterocycles. The minimum Gasteiger partial charge on any atom is -0.508 e. The summed E-state index contributed by atoms with van der Waals surface area (Å²) in [4.78, 5) is 154. The number of hydrogen-bond acceptors (Lipinski definition) is 26. The lowest BCUT2D eigenvalue weighted by molar-refractivity contribution is -0.144. The maximum atomic E-state index is 15.3. The maximum absolute atomic E-state index is 15.3. The number of hydrogen-bond donors (Lipinski definition) is 15. The molecular formula is C66H103N11O24S2. The second-order valence-electron chi connectivity index (χ2n) is 25.2. The van der Waals surface area contributed by atoms with Gasteiger partial charge in [-0.05, 0) is 30.0 Å². The van der Waals surface area contributed by atoms with E-state index in [9.17, 15) is 73.2 Å². The largest absolute Gasteiger partial charge is 0.508 e. The highest BCUT2D eigenvalue weighted by Gasteiger charge is 2.45. The van der Waals surface area contributed by atoms with E-state index in [1.165, 1.54) is 37.7 Å². The van der Waals surface area contributed by atoms with Gasteiger partial charge in [-0.25, -0.2) is 0 Å². The molecule has 3 aliphatic rings. The molecule has 35 nitrogen and oxygen atoms in total. The molecule has 2 bridgehead atoms. The van der Waals surface area contributed by atoms with Gasteiger partial charge in [0.2, 0.25) is 47.3 Å². The van der Waals surface area contributed by atoms with Gasteiger partial charge in [0.05, 0.1) is 171 Å². The number of ether oxygens (including phenoxy) is 7. The van der Waals surface area contributed by atoms with Gasteiger partial charge in [0.1, 0.15) is 28.9 Å². The van der Waals surface area contributed by atoms with Crippen molar-refractivity contribution in [2.45, 2.75) is 120 Å². The Morgan fingerprint density at radius 3 is 1.97 bits per heavy atom. The molecule has 0 spiro atoms. The molecule has 0 saturated carbocycles. The zero-order chi connectivity index (χ0) is 75.5. The van der Waals surface area contributed by atoms with Gasteiger partial charge >= 0.3 is 5.97 Å². The van der Waals surface area contributed by atoms with E-state index < -0.39 is 206 Å². The topological polar surface area (TPSA) is 526 Å². The molecule has 1 aromatic carbocycles. The molecule has 8 amide bonds. The number of H-pyrrole nitrogens is 1. The highest BCUT2D eigenvalue weighted by molar-refractivity contribution is 7.98. The number of aliphatic hydroxyl groups is 3. The van der Waals surface area contributed by atoms with Crippen LogP contribution in [-0.4, -0.2) is 284 Å². The Balaban J connectivity index is 1.19. The van der Waals surface area contributed by atoms with Crippen molar-refractivity contribution in [3.63, 3.8) is 0 Å². The smallest absolute Gasteiger partial charge is 0.306 e. The molecule has 12 atom stereocenters. The number of benzene rings is 1. The highest BCUT2D eigenvalue weighted by Crippen LogP contribution is 2.37. The van der Waals surface area contributed by atoms with Crippen LogP contribution in [0.1, 0.15) is 77.3 Å². The fourth-order valence-corrected chi connectivity index (χ4v) is 13.5. The molecule has 2 aromatic rings. The van der Waals surface area contributed by atoms with Gasteiger partial charge in [0.25, 0.3) is 0 Å². The summed E-state index contributed by atoms with van der Waals surface area (Å²) in [5.74, 6) is -15.5. The van der Waals surface area contributed by atoms with Gasteiger partial charge in [-0.2, -0.15) is 11.8 Å². The second-order valence-corrected chi connectivity index (χ2v) is 27.8. The molecule has 1 aromatic heterocycles. The van der Waals surface area contributed by atoms with Crippen LogP contribution in [0.25, 0.3) is 10.9 Å². The van der Waals surface area contributed by atoms with E-state index in [-0.39, 0.29) is 65.8 Å². The molecule has 4 heterocycles. The van der Waals surface area contributed by atoms with E-state index in [2.05, 4.69) is 42.2 Å². The number of primary amides is 1. The van der Waals surface area contributed by atoms with Crippen molar-refractivity contribution in [2.24, 2.45) is 41.1 Å². The number of amides is 8. The number of thioether (sulfide) groups is 1. The summed E-state index contributed by atoms with van der Waals surface area (Å²) in [6, 6.07) is -4.17. The first-order valence-corrected chi connectivity index (χ1v) is 36.8. The second kappa shape index (κ2) is 45.7. The van der Waals surface area contributed by atoms with Crippen molar-refractivity contribution < 1.29 is 116 Å². The molecule has 2 unspecified atom stereocenters. The van der Waals surface area contributed by atoms with Crippen LogP contribution >= 0.6 is 11.8 Å².